The molecule has 2 heterocycles. The molecule has 0 atom stereocenters. The van der Waals surface area contributed by atoms with Crippen LogP contribution in [0.3, 0.4) is 0 Å². The van der Waals surface area contributed by atoms with Crippen LogP contribution in [0.2, 0.25) is 10.0 Å². The normalized spacial score (nSPS) is 11.4. The SMILES string of the molecule is COC(=O)CC(=O)Nc1c(C(=O)C(C)(C)O)oc2nc(-c3ccccc3Cl)c(-c3ccc(Cl)cc3)cc12. The van der Waals surface area contributed by atoms with Crippen LogP contribution in [0, 0.1) is 0 Å². The van der Waals surface area contributed by atoms with Crippen molar-refractivity contribution in [2.45, 2.75) is 25.9 Å². The molecule has 4 rings (SSSR count). The number of nitrogens with one attached hydrogen (secondary N) is 1. The van der Waals surface area contributed by atoms with Crippen LogP contribution < -0.4 is 5.32 Å². The molecule has 0 aliphatic heterocycles. The number of ketones is 1. The van der Waals surface area contributed by atoms with E-state index < -0.39 is 29.7 Å². The summed E-state index contributed by atoms with van der Waals surface area (Å²) in [7, 11) is 1.16. The van der Waals surface area contributed by atoms with Crippen LogP contribution in [0.4, 0.5) is 5.69 Å². The predicted molar refractivity (Wildman–Crippen MR) is 141 cm³/mol. The van der Waals surface area contributed by atoms with Gasteiger partial charge in [-0.1, -0.05) is 53.5 Å². The summed E-state index contributed by atoms with van der Waals surface area (Å²) in [5.74, 6) is -2.60. The number of pyridine rings is 1. The van der Waals surface area contributed by atoms with Crippen LogP contribution >= 0.6 is 23.2 Å². The minimum absolute atomic E-state index is 0.0219. The summed E-state index contributed by atoms with van der Waals surface area (Å²) < 4.78 is 10.4. The number of nitrogens with zero attached hydrogens (tertiary/aromatic N) is 1. The van der Waals surface area contributed by atoms with E-state index in [2.05, 4.69) is 15.0 Å². The van der Waals surface area contributed by atoms with E-state index >= 15 is 0 Å². The number of benzene rings is 2. The first-order valence-corrected chi connectivity index (χ1v) is 11.9. The molecule has 4 aromatic rings. The van der Waals surface area contributed by atoms with Crippen LogP contribution in [0.1, 0.15) is 30.8 Å². The third-order valence-corrected chi connectivity index (χ3v) is 6.11. The molecule has 0 bridgehead atoms. The Bertz CT molecular complexity index is 1520. The molecule has 190 valence electrons. The fraction of sp³-hybridized carbons (Fsp3) is 0.185. The van der Waals surface area contributed by atoms with Crippen molar-refractivity contribution in [2.75, 3.05) is 12.4 Å². The van der Waals surface area contributed by atoms with Crippen molar-refractivity contribution < 1.29 is 28.6 Å². The number of hydrogen-bond donors (Lipinski definition) is 2. The van der Waals surface area contributed by atoms with E-state index in [1.807, 2.05) is 6.07 Å². The molecule has 0 fully saturated rings. The van der Waals surface area contributed by atoms with Crippen molar-refractivity contribution in [3.8, 4) is 22.4 Å². The number of aliphatic hydroxyl groups is 1. The van der Waals surface area contributed by atoms with E-state index in [4.69, 9.17) is 27.6 Å². The van der Waals surface area contributed by atoms with Gasteiger partial charge in [0.1, 0.15) is 17.7 Å². The van der Waals surface area contributed by atoms with Crippen molar-refractivity contribution in [2.24, 2.45) is 0 Å². The lowest BCUT2D eigenvalue weighted by atomic mass is 9.97. The minimum atomic E-state index is -1.82. The van der Waals surface area contributed by atoms with E-state index in [9.17, 15) is 19.5 Å². The third kappa shape index (κ3) is 5.51. The van der Waals surface area contributed by atoms with Gasteiger partial charge in [0.05, 0.1) is 18.2 Å². The summed E-state index contributed by atoms with van der Waals surface area (Å²) >= 11 is 12.6. The number of fused-ring (bicyclic) bond motifs is 1. The number of halogens is 2. The van der Waals surface area contributed by atoms with Crippen LogP contribution in [0.15, 0.2) is 59.0 Å². The number of carbonyl (C=O) groups excluding carboxylic acids is 3. The van der Waals surface area contributed by atoms with Gasteiger partial charge in [0.15, 0.2) is 5.76 Å². The zero-order valence-corrected chi connectivity index (χ0v) is 21.6. The summed E-state index contributed by atoms with van der Waals surface area (Å²) in [5.41, 5.74) is 0.599. The number of carbonyl (C=O) groups is 3. The van der Waals surface area contributed by atoms with Crippen molar-refractivity contribution in [3.63, 3.8) is 0 Å². The fourth-order valence-electron chi connectivity index (χ4n) is 3.68. The number of rotatable bonds is 7. The molecule has 2 N–H and O–H groups in total. The number of ether oxygens (including phenoxy) is 1. The highest BCUT2D eigenvalue weighted by molar-refractivity contribution is 6.33. The highest BCUT2D eigenvalue weighted by Crippen LogP contribution is 2.41. The van der Waals surface area contributed by atoms with Crippen LogP contribution in [0.5, 0.6) is 0 Å². The largest absolute Gasteiger partial charge is 0.469 e. The molecular formula is C27H22Cl2N2O6. The molecule has 8 nitrogen and oxygen atoms in total. The Labute approximate surface area is 222 Å². The van der Waals surface area contributed by atoms with Gasteiger partial charge in [0, 0.05) is 21.2 Å². The summed E-state index contributed by atoms with van der Waals surface area (Å²) in [4.78, 5) is 42.0. The maximum absolute atomic E-state index is 13.1. The lowest BCUT2D eigenvalue weighted by Crippen LogP contribution is -2.31. The molecule has 10 heteroatoms. The first kappa shape index (κ1) is 26.3. The molecule has 0 saturated heterocycles. The number of anilines is 1. The summed E-state index contributed by atoms with van der Waals surface area (Å²) in [6.07, 6.45) is -0.589. The minimum Gasteiger partial charge on any atom is -0.469 e. The van der Waals surface area contributed by atoms with Gasteiger partial charge in [0.2, 0.25) is 17.4 Å². The van der Waals surface area contributed by atoms with Crippen molar-refractivity contribution >= 4 is 57.6 Å². The maximum Gasteiger partial charge on any atom is 0.315 e. The first-order valence-electron chi connectivity index (χ1n) is 11.1. The van der Waals surface area contributed by atoms with Crippen molar-refractivity contribution in [1.29, 1.82) is 0 Å². The molecule has 0 unspecified atom stereocenters. The Balaban J connectivity index is 2.01. The van der Waals surface area contributed by atoms with Gasteiger partial charge in [-0.25, -0.2) is 4.98 Å². The summed E-state index contributed by atoms with van der Waals surface area (Å²) in [6, 6.07) is 15.8. The van der Waals surface area contributed by atoms with E-state index in [0.29, 0.717) is 26.9 Å². The monoisotopic (exact) mass is 540 g/mol. The van der Waals surface area contributed by atoms with Gasteiger partial charge in [-0.2, -0.15) is 0 Å². The van der Waals surface area contributed by atoms with Crippen LogP contribution in [-0.4, -0.2) is 40.5 Å². The van der Waals surface area contributed by atoms with E-state index in [1.165, 1.54) is 13.8 Å². The predicted octanol–water partition coefficient (Wildman–Crippen LogP) is 5.92. The zero-order valence-electron chi connectivity index (χ0n) is 20.1. The molecule has 2 aromatic carbocycles. The quantitative estimate of drug-likeness (QED) is 0.169. The van der Waals surface area contributed by atoms with Gasteiger partial charge >= 0.3 is 5.97 Å². The third-order valence-electron chi connectivity index (χ3n) is 5.53. The van der Waals surface area contributed by atoms with Gasteiger partial charge in [-0.3, -0.25) is 14.4 Å². The second-order valence-electron chi connectivity index (χ2n) is 8.72. The molecule has 1 amide bonds. The highest BCUT2D eigenvalue weighted by Gasteiger charge is 2.34. The van der Waals surface area contributed by atoms with Crippen molar-refractivity contribution in [1.82, 2.24) is 4.98 Å². The second kappa shape index (κ2) is 10.3. The van der Waals surface area contributed by atoms with Crippen LogP contribution in [-0.2, 0) is 14.3 Å². The topological polar surface area (TPSA) is 119 Å². The molecule has 2 aromatic heterocycles. The molecule has 0 spiro atoms. The zero-order chi connectivity index (χ0) is 26.9. The van der Waals surface area contributed by atoms with Gasteiger partial charge < -0.3 is 19.6 Å². The Kier molecular flexibility index (Phi) is 7.36. The number of esters is 1. The number of amides is 1. The number of furan rings is 1. The lowest BCUT2D eigenvalue weighted by Gasteiger charge is -2.14. The summed E-state index contributed by atoms with van der Waals surface area (Å²) in [6.45, 7) is 2.59. The van der Waals surface area contributed by atoms with Gasteiger partial charge in [-0.05, 0) is 43.7 Å². The summed E-state index contributed by atoms with van der Waals surface area (Å²) in [5, 5.41) is 14.2. The Morgan fingerprint density at radius 2 is 1.73 bits per heavy atom. The number of Topliss-reactive ketones (excluding diaryl/α,β-unsaturated/α-hetero) is 1. The number of hydrogen-bond acceptors (Lipinski definition) is 7. The highest BCUT2D eigenvalue weighted by atomic mass is 35.5. The van der Waals surface area contributed by atoms with Crippen LogP contribution in [0.25, 0.3) is 33.5 Å². The molecule has 0 radical (unpaired) electrons. The fourth-order valence-corrected chi connectivity index (χ4v) is 4.03. The van der Waals surface area contributed by atoms with Gasteiger partial charge in [0.25, 0.3) is 0 Å². The van der Waals surface area contributed by atoms with E-state index in [0.717, 1.165) is 12.7 Å². The number of aromatic nitrogens is 1. The Hall–Kier alpha value is -3.72. The van der Waals surface area contributed by atoms with Crippen molar-refractivity contribution in [3.05, 3.63) is 70.4 Å². The lowest BCUT2D eigenvalue weighted by molar-refractivity contribution is -0.142. The maximum atomic E-state index is 13.1. The molecule has 0 saturated carbocycles. The molecule has 0 aliphatic carbocycles. The molecule has 37 heavy (non-hydrogen) atoms. The van der Waals surface area contributed by atoms with Gasteiger partial charge in [-0.15, -0.1) is 0 Å². The molecular weight excluding hydrogens is 519 g/mol. The Morgan fingerprint density at radius 1 is 1.05 bits per heavy atom. The average molecular weight is 541 g/mol. The standard InChI is InChI=1S/C27H22Cl2N2O6/c1-27(2,35)25(34)24-23(30-20(32)13-21(33)36-3)18-12-17(14-8-10-15(28)11-9-14)22(31-26(18)37-24)16-6-4-5-7-19(16)29/h4-12,35H,13H2,1-3H3,(H,30,32). The first-order chi connectivity index (χ1) is 17.5. The Morgan fingerprint density at radius 3 is 2.35 bits per heavy atom. The smallest absolute Gasteiger partial charge is 0.315 e. The van der Waals surface area contributed by atoms with E-state index in [1.54, 1.807) is 48.5 Å². The number of methoxy groups -OCH3 is 1. The molecule has 0 aliphatic rings. The average Bonchev–Trinajstić information content (AvgIpc) is 3.19. The second-order valence-corrected chi connectivity index (χ2v) is 9.56. The van der Waals surface area contributed by atoms with E-state index in [-0.39, 0.29) is 22.5 Å².